The number of ether oxygens (including phenoxy) is 1. The summed E-state index contributed by atoms with van der Waals surface area (Å²) in [6, 6.07) is 2.68. The van der Waals surface area contributed by atoms with Gasteiger partial charge in [0.2, 0.25) is 11.2 Å². The van der Waals surface area contributed by atoms with Crippen molar-refractivity contribution in [3.05, 3.63) is 52.2 Å². The minimum absolute atomic E-state index is 0.00855. The van der Waals surface area contributed by atoms with Crippen molar-refractivity contribution >= 4 is 28.0 Å². The summed E-state index contributed by atoms with van der Waals surface area (Å²) in [5.74, 6) is -0.734. The van der Waals surface area contributed by atoms with E-state index in [9.17, 15) is 20.1 Å². The summed E-state index contributed by atoms with van der Waals surface area (Å²) < 4.78 is 11.8. The van der Waals surface area contributed by atoms with Crippen molar-refractivity contribution in [1.82, 2.24) is 0 Å². The second-order valence-corrected chi connectivity index (χ2v) is 8.41. The lowest BCUT2D eigenvalue weighted by Gasteiger charge is -2.28. The summed E-state index contributed by atoms with van der Waals surface area (Å²) in [7, 11) is 0. The standard InChI is InChI=1S/C23H22O6/c1-6-22(2,3)16-14(25)10-13(24)15-17(26)12-9-11-7-8-23(4,5)29-19(11)18(27)20(12)28-21(15)16/h6-10,24-25,27H,1H2,2-5H3. The van der Waals surface area contributed by atoms with Crippen molar-refractivity contribution in [2.75, 3.05) is 0 Å². The van der Waals surface area contributed by atoms with Gasteiger partial charge in [-0.3, -0.25) is 4.79 Å². The highest BCUT2D eigenvalue weighted by molar-refractivity contribution is 6.00. The van der Waals surface area contributed by atoms with Gasteiger partial charge in [0.15, 0.2) is 11.3 Å². The van der Waals surface area contributed by atoms with E-state index in [1.807, 2.05) is 19.9 Å². The maximum absolute atomic E-state index is 13.2. The first-order valence-corrected chi connectivity index (χ1v) is 9.20. The van der Waals surface area contributed by atoms with Crippen molar-refractivity contribution in [2.24, 2.45) is 0 Å². The van der Waals surface area contributed by atoms with Crippen LogP contribution in [0.4, 0.5) is 0 Å². The number of fused-ring (bicyclic) bond motifs is 3. The molecule has 2 aromatic carbocycles. The molecule has 0 spiro atoms. The van der Waals surface area contributed by atoms with E-state index in [1.165, 1.54) is 0 Å². The van der Waals surface area contributed by atoms with E-state index in [0.717, 1.165) is 6.07 Å². The minimum atomic E-state index is -0.773. The molecule has 29 heavy (non-hydrogen) atoms. The smallest absolute Gasteiger partial charge is 0.204 e. The van der Waals surface area contributed by atoms with Crippen LogP contribution in [0.1, 0.15) is 38.8 Å². The van der Waals surface area contributed by atoms with E-state index in [-0.39, 0.29) is 44.8 Å². The van der Waals surface area contributed by atoms with Crippen LogP contribution in [0, 0.1) is 0 Å². The Morgan fingerprint density at radius 2 is 1.79 bits per heavy atom. The molecule has 3 aromatic rings. The molecule has 6 nitrogen and oxygen atoms in total. The lowest BCUT2D eigenvalue weighted by molar-refractivity contribution is 0.153. The molecule has 0 unspecified atom stereocenters. The van der Waals surface area contributed by atoms with Gasteiger partial charge in [-0.2, -0.15) is 0 Å². The summed E-state index contributed by atoms with van der Waals surface area (Å²) in [5, 5.41) is 31.8. The van der Waals surface area contributed by atoms with Crippen LogP contribution in [-0.2, 0) is 5.41 Å². The fraction of sp³-hybridized carbons (Fsp3) is 0.261. The predicted molar refractivity (Wildman–Crippen MR) is 112 cm³/mol. The van der Waals surface area contributed by atoms with Crippen LogP contribution < -0.4 is 10.2 Å². The van der Waals surface area contributed by atoms with Gasteiger partial charge in [-0.1, -0.05) is 26.0 Å². The molecule has 0 aliphatic carbocycles. The Balaban J connectivity index is 2.22. The summed E-state index contributed by atoms with van der Waals surface area (Å²) >= 11 is 0. The molecule has 0 radical (unpaired) electrons. The van der Waals surface area contributed by atoms with Gasteiger partial charge < -0.3 is 24.5 Å². The zero-order valence-electron chi connectivity index (χ0n) is 16.7. The number of benzene rings is 2. The maximum Gasteiger partial charge on any atom is 0.204 e. The van der Waals surface area contributed by atoms with Crippen LogP contribution in [0.5, 0.6) is 23.0 Å². The molecule has 0 saturated heterocycles. The van der Waals surface area contributed by atoms with Gasteiger partial charge in [0.25, 0.3) is 0 Å². The van der Waals surface area contributed by atoms with E-state index >= 15 is 0 Å². The molecule has 0 saturated carbocycles. The van der Waals surface area contributed by atoms with E-state index in [4.69, 9.17) is 9.15 Å². The van der Waals surface area contributed by atoms with Crippen LogP contribution in [0.15, 0.2) is 40.1 Å². The van der Waals surface area contributed by atoms with Gasteiger partial charge in [-0.05, 0) is 26.0 Å². The number of phenolic OH excluding ortho intramolecular Hbond substituents is 3. The quantitative estimate of drug-likeness (QED) is 0.430. The first-order chi connectivity index (χ1) is 13.5. The Kier molecular flexibility index (Phi) is 3.78. The van der Waals surface area contributed by atoms with Crippen molar-refractivity contribution in [2.45, 2.75) is 38.7 Å². The highest BCUT2D eigenvalue weighted by atomic mass is 16.5. The van der Waals surface area contributed by atoms with Crippen molar-refractivity contribution in [1.29, 1.82) is 0 Å². The Labute approximate surface area is 167 Å². The third kappa shape index (κ3) is 2.67. The van der Waals surface area contributed by atoms with Crippen LogP contribution in [-0.4, -0.2) is 20.9 Å². The van der Waals surface area contributed by atoms with Crippen LogP contribution in [0.2, 0.25) is 0 Å². The Morgan fingerprint density at radius 3 is 2.45 bits per heavy atom. The lowest BCUT2D eigenvalue weighted by atomic mass is 9.82. The molecule has 1 aliphatic heterocycles. The Morgan fingerprint density at radius 1 is 1.10 bits per heavy atom. The lowest BCUT2D eigenvalue weighted by Crippen LogP contribution is -2.27. The van der Waals surface area contributed by atoms with Gasteiger partial charge >= 0.3 is 0 Å². The summed E-state index contributed by atoms with van der Waals surface area (Å²) in [5.41, 5.74) is -1.18. The number of rotatable bonds is 2. The zero-order valence-corrected chi connectivity index (χ0v) is 16.7. The second-order valence-electron chi connectivity index (χ2n) is 8.41. The molecule has 4 rings (SSSR count). The SMILES string of the molecule is C=CC(C)(C)c1c(O)cc(O)c2c(=O)c3cc4c(c(O)c3oc12)OC(C)(C)C=C4. The molecule has 1 aliphatic rings. The van der Waals surface area contributed by atoms with Gasteiger partial charge in [-0.15, -0.1) is 6.58 Å². The van der Waals surface area contributed by atoms with Crippen LogP contribution in [0.25, 0.3) is 28.0 Å². The largest absolute Gasteiger partial charge is 0.507 e. The van der Waals surface area contributed by atoms with E-state index in [2.05, 4.69) is 6.58 Å². The molecule has 2 heterocycles. The summed E-state index contributed by atoms with van der Waals surface area (Å²) in [4.78, 5) is 13.2. The highest BCUT2D eigenvalue weighted by Crippen LogP contribution is 2.46. The summed E-state index contributed by atoms with van der Waals surface area (Å²) in [6.07, 6.45) is 5.19. The van der Waals surface area contributed by atoms with Crippen LogP contribution in [0.3, 0.4) is 0 Å². The first-order valence-electron chi connectivity index (χ1n) is 9.20. The number of hydrogen-bond acceptors (Lipinski definition) is 6. The van der Waals surface area contributed by atoms with Crippen LogP contribution >= 0.6 is 0 Å². The molecule has 1 aromatic heterocycles. The molecule has 0 atom stereocenters. The van der Waals surface area contributed by atoms with E-state index in [0.29, 0.717) is 5.56 Å². The molecular formula is C23H22O6. The van der Waals surface area contributed by atoms with Gasteiger partial charge in [0.1, 0.15) is 28.1 Å². The topological polar surface area (TPSA) is 100 Å². The molecular weight excluding hydrogens is 372 g/mol. The number of hydrogen-bond donors (Lipinski definition) is 3. The number of aromatic hydroxyl groups is 3. The number of allylic oxidation sites excluding steroid dienone is 1. The zero-order chi connectivity index (χ0) is 21.3. The van der Waals surface area contributed by atoms with Gasteiger partial charge in [0.05, 0.1) is 5.39 Å². The monoisotopic (exact) mass is 394 g/mol. The molecule has 0 bridgehead atoms. The normalized spacial score (nSPS) is 15.3. The van der Waals surface area contributed by atoms with Gasteiger partial charge in [0, 0.05) is 22.6 Å². The third-order valence-corrected chi connectivity index (χ3v) is 5.34. The average Bonchev–Trinajstić information content (AvgIpc) is 2.62. The molecule has 0 fully saturated rings. The predicted octanol–water partition coefficient (Wildman–Crippen LogP) is 4.71. The average molecular weight is 394 g/mol. The Bertz CT molecular complexity index is 1290. The fourth-order valence-electron chi connectivity index (χ4n) is 3.66. The minimum Gasteiger partial charge on any atom is -0.507 e. The third-order valence-electron chi connectivity index (χ3n) is 5.34. The Hall–Kier alpha value is -3.41. The van der Waals surface area contributed by atoms with Crippen molar-refractivity contribution in [3.8, 4) is 23.0 Å². The fourth-order valence-corrected chi connectivity index (χ4v) is 3.66. The molecule has 0 amide bonds. The molecule has 3 N–H and O–H groups in total. The van der Waals surface area contributed by atoms with E-state index < -0.39 is 22.2 Å². The molecule has 150 valence electrons. The summed E-state index contributed by atoms with van der Waals surface area (Å²) in [6.45, 7) is 11.0. The second kappa shape index (κ2) is 5.80. The first kappa shape index (κ1) is 18.9. The van der Waals surface area contributed by atoms with Crippen molar-refractivity contribution < 1.29 is 24.5 Å². The number of phenols is 3. The molecule has 6 heteroatoms. The van der Waals surface area contributed by atoms with Crippen molar-refractivity contribution in [3.63, 3.8) is 0 Å². The van der Waals surface area contributed by atoms with E-state index in [1.54, 1.807) is 32.1 Å². The highest BCUT2D eigenvalue weighted by Gasteiger charge is 2.31. The van der Waals surface area contributed by atoms with Gasteiger partial charge in [-0.25, -0.2) is 0 Å². The maximum atomic E-state index is 13.2.